The quantitative estimate of drug-likeness (QED) is 0.168. The fourth-order valence-corrected chi connectivity index (χ4v) is 5.81. The molecule has 1 aromatic heterocycles. The number of aromatic nitrogens is 1. The Labute approximate surface area is 211 Å². The third-order valence-corrected chi connectivity index (χ3v) is 7.45. The Balaban J connectivity index is 1.91. The van der Waals surface area contributed by atoms with Crippen LogP contribution < -0.4 is 11.1 Å². The van der Waals surface area contributed by atoms with Crippen molar-refractivity contribution < 1.29 is 39.5 Å². The zero-order chi connectivity index (χ0) is 26.7. The zero-order valence-corrected chi connectivity index (χ0v) is 20.6. The van der Waals surface area contributed by atoms with Crippen molar-refractivity contribution in [1.82, 2.24) is 9.88 Å². The second kappa shape index (κ2) is 9.04. The van der Waals surface area contributed by atoms with Gasteiger partial charge in [0.25, 0.3) is 5.91 Å². The zero-order valence-electron chi connectivity index (χ0n) is 19.8. The predicted octanol–water partition coefficient (Wildman–Crippen LogP) is 0.0707. The van der Waals surface area contributed by atoms with Crippen molar-refractivity contribution in [2.75, 3.05) is 39.7 Å². The lowest BCUT2D eigenvalue weighted by Crippen LogP contribution is -2.65. The van der Waals surface area contributed by atoms with E-state index in [4.69, 9.17) is 22.1 Å². The number of amides is 1. The Hall–Kier alpha value is -3.19. The van der Waals surface area contributed by atoms with E-state index in [1.165, 1.54) is 26.1 Å². The standard InChI is InChI=1S/C23H27ClN4O8/c1-28(2)14-10-7-8-6-9-12(17(31)22(27-20(9)24)26-4-5-36-3)15(29)11(8)18(32)23(10,35)19(33)13(16(14)30)21(25)34/h8,10,14,29,31,33,35H,4-7H2,1-3H3,(H2,25,34)(H,26,27)/t8-,10-,14-,23-/m0/s1. The van der Waals surface area contributed by atoms with Crippen LogP contribution in [0.2, 0.25) is 5.15 Å². The number of aromatic hydroxyl groups is 1. The van der Waals surface area contributed by atoms with Crippen molar-refractivity contribution in [2.45, 2.75) is 24.5 Å². The second-order valence-corrected chi connectivity index (χ2v) is 9.69. The number of Topliss-reactive ketones (excluding diaryl/α,β-unsaturated/α-hetero) is 2. The molecule has 3 aliphatic carbocycles. The minimum absolute atomic E-state index is 0.00996. The van der Waals surface area contributed by atoms with Gasteiger partial charge in [-0.05, 0) is 32.9 Å². The Morgan fingerprint density at radius 2 is 1.97 bits per heavy atom. The molecule has 1 heterocycles. The first kappa shape index (κ1) is 25.9. The van der Waals surface area contributed by atoms with Gasteiger partial charge >= 0.3 is 0 Å². The Kier molecular flexibility index (Phi) is 6.50. The van der Waals surface area contributed by atoms with E-state index in [-0.39, 0.29) is 53.7 Å². The molecule has 0 aromatic carbocycles. The van der Waals surface area contributed by atoms with Crippen LogP contribution in [-0.2, 0) is 25.5 Å². The molecule has 13 heteroatoms. The summed E-state index contributed by atoms with van der Waals surface area (Å²) in [5, 5.41) is 47.3. The van der Waals surface area contributed by atoms with Gasteiger partial charge < -0.3 is 36.2 Å². The second-order valence-electron chi connectivity index (χ2n) is 9.33. The topological polar surface area (TPSA) is 196 Å². The number of ether oxygens (including phenoxy) is 1. The Morgan fingerprint density at radius 1 is 1.31 bits per heavy atom. The van der Waals surface area contributed by atoms with Gasteiger partial charge in [-0.25, -0.2) is 4.98 Å². The molecule has 4 rings (SSSR count). The largest absolute Gasteiger partial charge is 0.508 e. The SMILES string of the molecule is COCCNc1nc(Cl)c2c(c1O)C(O)=C1C(=O)[C@]3(O)C(O)=C(C(N)=O)C(=O)[C@@H](N(C)C)[C@@H]3C[C@@H]1C2. The monoisotopic (exact) mass is 522 g/mol. The number of halogens is 1. The number of carbonyl (C=O) groups excluding carboxylic acids is 3. The summed E-state index contributed by atoms with van der Waals surface area (Å²) in [6.07, 6.45) is 0.0307. The summed E-state index contributed by atoms with van der Waals surface area (Å²) in [6, 6.07) is -1.16. The van der Waals surface area contributed by atoms with Gasteiger partial charge in [0, 0.05) is 30.7 Å². The predicted molar refractivity (Wildman–Crippen MR) is 127 cm³/mol. The van der Waals surface area contributed by atoms with Crippen LogP contribution in [0.5, 0.6) is 5.75 Å². The van der Waals surface area contributed by atoms with Crippen LogP contribution in [0.15, 0.2) is 16.9 Å². The molecule has 0 unspecified atom stereocenters. The van der Waals surface area contributed by atoms with E-state index in [0.717, 1.165) is 0 Å². The van der Waals surface area contributed by atoms with Crippen LogP contribution >= 0.6 is 11.6 Å². The molecule has 1 amide bonds. The lowest BCUT2D eigenvalue weighted by atomic mass is 9.57. The summed E-state index contributed by atoms with van der Waals surface area (Å²) in [7, 11) is 4.56. The van der Waals surface area contributed by atoms with E-state index in [0.29, 0.717) is 0 Å². The molecular weight excluding hydrogens is 496 g/mol. The summed E-state index contributed by atoms with van der Waals surface area (Å²) in [4.78, 5) is 44.5. The number of ketones is 2. The number of rotatable bonds is 6. The van der Waals surface area contributed by atoms with E-state index in [1.54, 1.807) is 0 Å². The summed E-state index contributed by atoms with van der Waals surface area (Å²) in [5.74, 6) is -7.37. The van der Waals surface area contributed by atoms with Crippen molar-refractivity contribution in [1.29, 1.82) is 0 Å². The number of hydrogen-bond donors (Lipinski definition) is 6. The molecule has 36 heavy (non-hydrogen) atoms. The number of carbonyl (C=O) groups is 3. The number of likely N-dealkylation sites (N-methyl/N-ethyl adjacent to an activating group) is 1. The highest BCUT2D eigenvalue weighted by Crippen LogP contribution is 2.53. The van der Waals surface area contributed by atoms with Gasteiger partial charge in [0.1, 0.15) is 22.2 Å². The number of fused-ring (bicyclic) bond motifs is 3. The average molecular weight is 523 g/mol. The van der Waals surface area contributed by atoms with E-state index in [9.17, 15) is 34.8 Å². The van der Waals surface area contributed by atoms with Crippen molar-refractivity contribution in [3.8, 4) is 5.75 Å². The third kappa shape index (κ3) is 3.55. The number of primary amides is 1. The van der Waals surface area contributed by atoms with Crippen molar-refractivity contribution >= 4 is 40.7 Å². The summed E-state index contributed by atoms with van der Waals surface area (Å²) in [5.41, 5.74) is 1.64. The highest BCUT2D eigenvalue weighted by molar-refractivity contribution is 6.31. The fourth-order valence-electron chi connectivity index (χ4n) is 5.55. The normalized spacial score (nSPS) is 27.7. The van der Waals surface area contributed by atoms with Crippen LogP contribution in [0.25, 0.3) is 5.76 Å². The lowest BCUT2D eigenvalue weighted by molar-refractivity contribution is -0.153. The average Bonchev–Trinajstić information content (AvgIpc) is 2.79. The lowest BCUT2D eigenvalue weighted by Gasteiger charge is -2.50. The van der Waals surface area contributed by atoms with Gasteiger partial charge in [-0.15, -0.1) is 0 Å². The molecular formula is C23H27ClN4O8. The van der Waals surface area contributed by atoms with Gasteiger partial charge in [0.15, 0.2) is 23.0 Å². The minimum atomic E-state index is -2.70. The van der Waals surface area contributed by atoms with E-state index in [2.05, 4.69) is 10.3 Å². The van der Waals surface area contributed by atoms with Gasteiger partial charge in [0.05, 0.1) is 18.2 Å². The maximum absolute atomic E-state index is 13.8. The maximum atomic E-state index is 13.8. The molecule has 194 valence electrons. The number of aliphatic hydroxyl groups excluding tert-OH is 2. The highest BCUT2D eigenvalue weighted by atomic mass is 35.5. The van der Waals surface area contributed by atoms with Crippen molar-refractivity contribution in [3.63, 3.8) is 0 Å². The molecule has 3 aliphatic rings. The number of pyridine rings is 1. The third-order valence-electron chi connectivity index (χ3n) is 7.13. The van der Waals surface area contributed by atoms with Crippen LogP contribution in [0.3, 0.4) is 0 Å². The number of hydrogen-bond acceptors (Lipinski definition) is 11. The maximum Gasteiger partial charge on any atom is 0.255 e. The first-order chi connectivity index (χ1) is 16.9. The molecule has 12 nitrogen and oxygen atoms in total. The first-order valence-corrected chi connectivity index (χ1v) is 11.5. The molecule has 0 aliphatic heterocycles. The van der Waals surface area contributed by atoms with Crippen molar-refractivity contribution in [2.24, 2.45) is 17.6 Å². The summed E-state index contributed by atoms with van der Waals surface area (Å²) < 4.78 is 4.96. The molecule has 0 radical (unpaired) electrons. The van der Waals surface area contributed by atoms with Crippen LogP contribution in [0.1, 0.15) is 17.5 Å². The smallest absolute Gasteiger partial charge is 0.255 e. The molecule has 4 atom stereocenters. The van der Waals surface area contributed by atoms with Gasteiger partial charge in [-0.1, -0.05) is 11.6 Å². The van der Waals surface area contributed by atoms with Crippen molar-refractivity contribution in [3.05, 3.63) is 33.2 Å². The van der Waals surface area contributed by atoms with Gasteiger partial charge in [0.2, 0.25) is 5.78 Å². The van der Waals surface area contributed by atoms with Crippen LogP contribution in [0.4, 0.5) is 5.82 Å². The Bertz CT molecular complexity index is 1240. The molecule has 1 aromatic rings. The molecule has 0 bridgehead atoms. The van der Waals surface area contributed by atoms with Gasteiger partial charge in [-0.3, -0.25) is 19.3 Å². The van der Waals surface area contributed by atoms with E-state index < -0.39 is 63.8 Å². The van der Waals surface area contributed by atoms with Crippen LogP contribution in [0, 0.1) is 11.8 Å². The highest BCUT2D eigenvalue weighted by Gasteiger charge is 2.64. The summed E-state index contributed by atoms with van der Waals surface area (Å²) in [6.45, 7) is 0.554. The van der Waals surface area contributed by atoms with E-state index in [1.807, 2.05) is 0 Å². The minimum Gasteiger partial charge on any atom is -0.508 e. The number of nitrogens with one attached hydrogen (secondary N) is 1. The molecule has 0 spiro atoms. The number of methoxy groups -OCH3 is 1. The fraction of sp³-hybridized carbons (Fsp3) is 0.478. The number of aliphatic hydroxyl groups is 3. The molecule has 0 saturated heterocycles. The van der Waals surface area contributed by atoms with E-state index >= 15 is 0 Å². The summed E-state index contributed by atoms with van der Waals surface area (Å²) >= 11 is 6.39. The van der Waals surface area contributed by atoms with Gasteiger partial charge in [-0.2, -0.15) is 0 Å². The van der Waals surface area contributed by atoms with Crippen LogP contribution in [-0.4, -0.2) is 93.8 Å². The number of anilines is 1. The number of nitrogens with two attached hydrogens (primary N) is 1. The molecule has 1 fully saturated rings. The Morgan fingerprint density at radius 3 is 2.56 bits per heavy atom. The number of nitrogens with zero attached hydrogens (tertiary/aromatic N) is 2. The molecule has 7 N–H and O–H groups in total. The molecule has 1 saturated carbocycles. The first-order valence-electron chi connectivity index (χ1n) is 11.2.